The molecule has 7 heteroatoms. The molecular formula is C30H37N3O4. The summed E-state index contributed by atoms with van der Waals surface area (Å²) in [6.07, 6.45) is 5.46. The van der Waals surface area contributed by atoms with E-state index in [2.05, 4.69) is 17.6 Å². The van der Waals surface area contributed by atoms with Gasteiger partial charge in [0.15, 0.2) is 0 Å². The molecule has 0 aromatic heterocycles. The Balaban J connectivity index is 1.62. The Morgan fingerprint density at radius 3 is 2.14 bits per heavy atom. The van der Waals surface area contributed by atoms with Crippen LogP contribution in [0.3, 0.4) is 0 Å². The summed E-state index contributed by atoms with van der Waals surface area (Å²) in [6.45, 7) is 3.10. The van der Waals surface area contributed by atoms with E-state index in [1.807, 2.05) is 54.6 Å². The van der Waals surface area contributed by atoms with Crippen LogP contribution in [0.25, 0.3) is 0 Å². The monoisotopic (exact) mass is 503 g/mol. The molecule has 0 unspecified atom stereocenters. The van der Waals surface area contributed by atoms with Crippen LogP contribution in [0.1, 0.15) is 45.4 Å². The van der Waals surface area contributed by atoms with E-state index in [4.69, 9.17) is 9.47 Å². The summed E-state index contributed by atoms with van der Waals surface area (Å²) in [4.78, 5) is 27.0. The number of nitrogens with zero attached hydrogens (tertiary/aromatic N) is 1. The molecule has 7 nitrogen and oxygen atoms in total. The Labute approximate surface area is 219 Å². The average Bonchev–Trinajstić information content (AvgIpc) is 2.93. The minimum Gasteiger partial charge on any atom is -0.497 e. The molecule has 3 rings (SSSR count). The summed E-state index contributed by atoms with van der Waals surface area (Å²) in [6, 6.07) is 23.9. The molecule has 2 N–H and O–H groups in total. The van der Waals surface area contributed by atoms with E-state index in [0.29, 0.717) is 43.1 Å². The van der Waals surface area contributed by atoms with Crippen LogP contribution >= 0.6 is 0 Å². The van der Waals surface area contributed by atoms with Crippen molar-refractivity contribution in [3.63, 3.8) is 0 Å². The predicted octanol–water partition coefficient (Wildman–Crippen LogP) is 7.00. The van der Waals surface area contributed by atoms with Crippen molar-refractivity contribution in [2.75, 3.05) is 30.4 Å². The molecule has 0 aliphatic rings. The molecule has 0 fully saturated rings. The van der Waals surface area contributed by atoms with Gasteiger partial charge in [0.1, 0.15) is 17.2 Å². The van der Waals surface area contributed by atoms with Crippen LogP contribution in [0.4, 0.5) is 16.2 Å². The van der Waals surface area contributed by atoms with E-state index in [1.54, 1.807) is 36.3 Å². The van der Waals surface area contributed by atoms with Gasteiger partial charge in [-0.25, -0.2) is 4.79 Å². The standard InChI is InChI=1S/C30H37N3O4/c1-3-4-5-9-13-29(34)31-22-10-23-33(30(35)32-24-14-18-26(36-2)19-15-24)25-16-20-28(21-17-25)37-27-11-7-6-8-12-27/h6-8,11-12,14-21H,3-5,9-10,13,22-23H2,1-2H3,(H,31,34)(H,32,35). The lowest BCUT2D eigenvalue weighted by Crippen LogP contribution is -2.37. The molecule has 3 aromatic carbocycles. The van der Waals surface area contributed by atoms with Crippen molar-refractivity contribution in [3.05, 3.63) is 78.9 Å². The molecule has 0 aliphatic heterocycles. The fourth-order valence-corrected chi connectivity index (χ4v) is 3.80. The SMILES string of the molecule is CCCCCCC(=O)NCCCN(C(=O)Nc1ccc(OC)cc1)c1ccc(Oc2ccccc2)cc1. The maximum Gasteiger partial charge on any atom is 0.326 e. The van der Waals surface area contributed by atoms with Crippen LogP contribution in [0, 0.1) is 0 Å². The van der Waals surface area contributed by atoms with Crippen molar-refractivity contribution in [1.29, 1.82) is 0 Å². The van der Waals surface area contributed by atoms with Crippen molar-refractivity contribution in [2.45, 2.75) is 45.4 Å². The summed E-state index contributed by atoms with van der Waals surface area (Å²) in [7, 11) is 1.60. The summed E-state index contributed by atoms with van der Waals surface area (Å²) in [5.74, 6) is 2.21. The molecule has 0 saturated carbocycles. The first kappa shape index (κ1) is 27.6. The molecule has 0 bridgehead atoms. The molecule has 0 spiro atoms. The van der Waals surface area contributed by atoms with Gasteiger partial charge in [-0.1, -0.05) is 44.4 Å². The highest BCUT2D eigenvalue weighted by Crippen LogP contribution is 2.25. The molecule has 0 atom stereocenters. The number of hydrogen-bond acceptors (Lipinski definition) is 4. The normalized spacial score (nSPS) is 10.4. The van der Waals surface area contributed by atoms with Crippen molar-refractivity contribution < 1.29 is 19.1 Å². The zero-order chi connectivity index (χ0) is 26.3. The molecule has 37 heavy (non-hydrogen) atoms. The molecule has 0 radical (unpaired) electrons. The Kier molecular flexibility index (Phi) is 11.3. The number of amides is 3. The Bertz CT molecular complexity index is 1090. The number of carbonyl (C=O) groups is 2. The Morgan fingerprint density at radius 1 is 0.784 bits per heavy atom. The number of hydrogen-bond donors (Lipinski definition) is 2. The van der Waals surface area contributed by atoms with Crippen molar-refractivity contribution >= 4 is 23.3 Å². The summed E-state index contributed by atoms with van der Waals surface area (Å²) in [5, 5.41) is 5.92. The van der Waals surface area contributed by atoms with E-state index >= 15 is 0 Å². The number of unbranched alkanes of at least 4 members (excludes halogenated alkanes) is 3. The third-order valence-electron chi connectivity index (χ3n) is 5.85. The zero-order valence-corrected chi connectivity index (χ0v) is 21.7. The molecular weight excluding hydrogens is 466 g/mol. The number of benzene rings is 3. The predicted molar refractivity (Wildman–Crippen MR) is 149 cm³/mol. The van der Waals surface area contributed by atoms with Crippen LogP contribution in [0.15, 0.2) is 78.9 Å². The second-order valence-corrected chi connectivity index (χ2v) is 8.73. The van der Waals surface area contributed by atoms with Crippen molar-refractivity contribution in [1.82, 2.24) is 5.32 Å². The highest BCUT2D eigenvalue weighted by molar-refractivity contribution is 6.01. The maximum absolute atomic E-state index is 13.2. The largest absolute Gasteiger partial charge is 0.497 e. The molecule has 3 aromatic rings. The van der Waals surface area contributed by atoms with E-state index in [9.17, 15) is 9.59 Å². The van der Waals surface area contributed by atoms with Crippen LogP contribution in [-0.2, 0) is 4.79 Å². The molecule has 196 valence electrons. The van der Waals surface area contributed by atoms with Gasteiger partial charge in [0, 0.05) is 30.9 Å². The lowest BCUT2D eigenvalue weighted by atomic mass is 10.1. The highest BCUT2D eigenvalue weighted by Gasteiger charge is 2.16. The minimum atomic E-state index is -0.257. The lowest BCUT2D eigenvalue weighted by molar-refractivity contribution is -0.121. The van der Waals surface area contributed by atoms with Crippen molar-refractivity contribution in [2.24, 2.45) is 0 Å². The summed E-state index contributed by atoms with van der Waals surface area (Å²) >= 11 is 0. The molecule has 0 aliphatic carbocycles. The second kappa shape index (κ2) is 15.2. The minimum absolute atomic E-state index is 0.0627. The smallest absolute Gasteiger partial charge is 0.326 e. The third-order valence-corrected chi connectivity index (χ3v) is 5.85. The fourth-order valence-electron chi connectivity index (χ4n) is 3.80. The number of urea groups is 1. The first-order chi connectivity index (χ1) is 18.1. The number of anilines is 2. The number of ether oxygens (including phenoxy) is 2. The number of carbonyl (C=O) groups excluding carboxylic acids is 2. The van der Waals surface area contributed by atoms with Gasteiger partial charge < -0.3 is 20.1 Å². The van der Waals surface area contributed by atoms with Crippen LogP contribution in [0.5, 0.6) is 17.2 Å². The number of para-hydroxylation sites is 1. The topological polar surface area (TPSA) is 79.9 Å². The second-order valence-electron chi connectivity index (χ2n) is 8.73. The van der Waals surface area contributed by atoms with Crippen LogP contribution in [0.2, 0.25) is 0 Å². The number of methoxy groups -OCH3 is 1. The Morgan fingerprint density at radius 2 is 1.46 bits per heavy atom. The average molecular weight is 504 g/mol. The zero-order valence-electron chi connectivity index (χ0n) is 21.7. The van der Waals surface area contributed by atoms with Crippen molar-refractivity contribution in [3.8, 4) is 17.2 Å². The number of nitrogens with one attached hydrogen (secondary N) is 2. The summed E-state index contributed by atoms with van der Waals surface area (Å²) < 4.78 is 11.1. The van der Waals surface area contributed by atoms with E-state index in [1.165, 1.54) is 0 Å². The highest BCUT2D eigenvalue weighted by atomic mass is 16.5. The van der Waals surface area contributed by atoms with Crippen LogP contribution < -0.4 is 25.0 Å². The van der Waals surface area contributed by atoms with E-state index < -0.39 is 0 Å². The van der Waals surface area contributed by atoms with Gasteiger partial charge in [0.25, 0.3) is 0 Å². The number of rotatable bonds is 14. The fraction of sp³-hybridized carbons (Fsp3) is 0.333. The first-order valence-corrected chi connectivity index (χ1v) is 12.9. The van der Waals surface area contributed by atoms with Gasteiger partial charge in [-0.2, -0.15) is 0 Å². The molecule has 0 heterocycles. The first-order valence-electron chi connectivity index (χ1n) is 12.9. The molecule has 3 amide bonds. The van der Waals surface area contributed by atoms with Gasteiger partial charge in [-0.05, 0) is 73.5 Å². The van der Waals surface area contributed by atoms with Crippen LogP contribution in [-0.4, -0.2) is 32.1 Å². The van der Waals surface area contributed by atoms with E-state index in [-0.39, 0.29) is 11.9 Å². The third kappa shape index (κ3) is 9.52. The molecule has 0 saturated heterocycles. The quantitative estimate of drug-likeness (QED) is 0.232. The lowest BCUT2D eigenvalue weighted by Gasteiger charge is -2.24. The van der Waals surface area contributed by atoms with Gasteiger partial charge >= 0.3 is 6.03 Å². The Hall–Kier alpha value is -4.00. The summed E-state index contributed by atoms with van der Waals surface area (Å²) in [5.41, 5.74) is 1.40. The maximum atomic E-state index is 13.2. The van der Waals surface area contributed by atoms with Gasteiger partial charge in [0.05, 0.1) is 7.11 Å². The van der Waals surface area contributed by atoms with Gasteiger partial charge in [-0.15, -0.1) is 0 Å². The van der Waals surface area contributed by atoms with Gasteiger partial charge in [0.2, 0.25) is 5.91 Å². The van der Waals surface area contributed by atoms with E-state index in [0.717, 1.165) is 37.1 Å². The van der Waals surface area contributed by atoms with Gasteiger partial charge in [-0.3, -0.25) is 9.69 Å².